The zero-order valence-electron chi connectivity index (χ0n) is 31.7. The number of hydrogen-bond acceptors (Lipinski definition) is 2. The minimum absolute atomic E-state index is 0.0643. The number of fused-ring (bicyclic) bond motifs is 1. The number of benzene rings is 2. The summed E-state index contributed by atoms with van der Waals surface area (Å²) in [5, 5.41) is 1.58. The van der Waals surface area contributed by atoms with Crippen molar-refractivity contribution >= 4 is 20.9 Å². The van der Waals surface area contributed by atoms with Crippen LogP contribution in [0.2, 0.25) is 0 Å². The molecule has 2 rings (SSSR count). The fourth-order valence-corrected chi connectivity index (χ4v) is 8.12. The SMILES string of the molecule is CCCCCCCCCCCCCCCCCc1ccc2c(S(=O)(=O)O)cc(CCCCCCCCCCCCCCCCC)cc2c1. The zero-order valence-corrected chi connectivity index (χ0v) is 32.5. The monoisotopic (exact) mass is 685 g/mol. The minimum atomic E-state index is -4.27. The third-order valence-corrected chi connectivity index (χ3v) is 11.3. The molecule has 0 saturated heterocycles. The molecular formula is C44H76O3S. The molecule has 0 spiro atoms. The lowest BCUT2D eigenvalue weighted by molar-refractivity contribution is 0.484. The molecule has 0 aliphatic carbocycles. The molecule has 0 aromatic heterocycles. The molecule has 0 aliphatic rings. The van der Waals surface area contributed by atoms with Crippen molar-refractivity contribution in [2.45, 2.75) is 224 Å². The van der Waals surface area contributed by atoms with Crippen molar-refractivity contribution < 1.29 is 13.0 Å². The van der Waals surface area contributed by atoms with Crippen molar-refractivity contribution in [1.29, 1.82) is 0 Å². The first-order valence-electron chi connectivity index (χ1n) is 21.0. The van der Waals surface area contributed by atoms with Gasteiger partial charge in [0.25, 0.3) is 10.1 Å². The van der Waals surface area contributed by atoms with Gasteiger partial charge in [0.2, 0.25) is 0 Å². The van der Waals surface area contributed by atoms with Gasteiger partial charge in [-0.2, -0.15) is 8.42 Å². The van der Waals surface area contributed by atoms with Gasteiger partial charge >= 0.3 is 0 Å². The van der Waals surface area contributed by atoms with Gasteiger partial charge in [-0.1, -0.05) is 218 Å². The van der Waals surface area contributed by atoms with E-state index in [0.717, 1.165) is 30.2 Å². The van der Waals surface area contributed by atoms with Crippen molar-refractivity contribution in [3.05, 3.63) is 41.5 Å². The second-order valence-corrected chi connectivity index (χ2v) is 16.4. The van der Waals surface area contributed by atoms with Gasteiger partial charge in [0, 0.05) is 5.39 Å². The van der Waals surface area contributed by atoms with Gasteiger partial charge in [-0.15, -0.1) is 0 Å². The summed E-state index contributed by atoms with van der Waals surface area (Å²) in [7, 11) is -4.27. The third kappa shape index (κ3) is 21.0. The fourth-order valence-electron chi connectivity index (χ4n) is 7.36. The maximum absolute atomic E-state index is 12.3. The van der Waals surface area contributed by atoms with E-state index in [1.165, 1.54) is 192 Å². The van der Waals surface area contributed by atoms with Crippen LogP contribution < -0.4 is 0 Å². The van der Waals surface area contributed by atoms with E-state index < -0.39 is 10.1 Å². The molecule has 0 radical (unpaired) electrons. The Morgan fingerprint density at radius 1 is 0.417 bits per heavy atom. The van der Waals surface area contributed by atoms with Crippen LogP contribution in [0.1, 0.15) is 218 Å². The summed E-state index contributed by atoms with van der Waals surface area (Å²) in [6.45, 7) is 4.57. The Morgan fingerprint density at radius 3 is 1.08 bits per heavy atom. The fraction of sp³-hybridized carbons (Fsp3) is 0.773. The highest BCUT2D eigenvalue weighted by Gasteiger charge is 2.16. The molecule has 0 fully saturated rings. The molecule has 0 atom stereocenters. The smallest absolute Gasteiger partial charge is 0.282 e. The van der Waals surface area contributed by atoms with Gasteiger partial charge in [-0.05, 0) is 48.3 Å². The summed E-state index contributed by atoms with van der Waals surface area (Å²) in [5.41, 5.74) is 2.29. The molecule has 0 saturated carbocycles. The number of aryl methyl sites for hydroxylation is 2. The van der Waals surface area contributed by atoms with Crippen LogP contribution in [0.25, 0.3) is 10.8 Å². The van der Waals surface area contributed by atoms with Gasteiger partial charge in [0.15, 0.2) is 0 Å². The van der Waals surface area contributed by atoms with Crippen molar-refractivity contribution in [2.24, 2.45) is 0 Å². The molecule has 48 heavy (non-hydrogen) atoms. The topological polar surface area (TPSA) is 54.4 Å². The number of hydrogen-bond donors (Lipinski definition) is 1. The lowest BCUT2D eigenvalue weighted by Crippen LogP contribution is -2.01. The molecule has 0 bridgehead atoms. The van der Waals surface area contributed by atoms with Crippen molar-refractivity contribution in [3.63, 3.8) is 0 Å². The molecule has 0 unspecified atom stereocenters. The highest BCUT2D eigenvalue weighted by Crippen LogP contribution is 2.28. The van der Waals surface area contributed by atoms with E-state index in [9.17, 15) is 13.0 Å². The first-order chi connectivity index (χ1) is 23.5. The van der Waals surface area contributed by atoms with Crippen molar-refractivity contribution in [1.82, 2.24) is 0 Å². The predicted octanol–water partition coefficient (Wildman–Crippen LogP) is 14.9. The minimum Gasteiger partial charge on any atom is -0.282 e. The Morgan fingerprint density at radius 2 is 0.729 bits per heavy atom. The van der Waals surface area contributed by atoms with Crippen LogP contribution in [0, 0.1) is 0 Å². The average molecular weight is 685 g/mol. The van der Waals surface area contributed by atoms with E-state index in [0.29, 0.717) is 5.39 Å². The van der Waals surface area contributed by atoms with Crippen LogP contribution in [-0.2, 0) is 23.0 Å². The van der Waals surface area contributed by atoms with Crippen LogP contribution in [0.5, 0.6) is 0 Å². The molecule has 4 heteroatoms. The summed E-state index contributed by atoms with van der Waals surface area (Å²) >= 11 is 0. The zero-order chi connectivity index (χ0) is 34.5. The largest absolute Gasteiger partial charge is 0.295 e. The summed E-state index contributed by atoms with van der Waals surface area (Å²) in [4.78, 5) is 0.0643. The van der Waals surface area contributed by atoms with Crippen molar-refractivity contribution in [3.8, 4) is 0 Å². The number of rotatable bonds is 33. The van der Waals surface area contributed by atoms with E-state index >= 15 is 0 Å². The molecule has 0 aliphatic heterocycles. The molecular weight excluding hydrogens is 609 g/mol. The van der Waals surface area contributed by atoms with Crippen LogP contribution in [-0.4, -0.2) is 13.0 Å². The standard InChI is InChI=1S/C44H76O3S/c1-3-5-7-9-11-13-15-17-19-21-23-25-27-29-31-33-40-35-36-43-42(37-40)38-41(39-44(43)48(45,46)47)34-32-30-28-26-24-22-20-18-16-14-12-10-8-6-4-2/h35-39H,3-34H2,1-2H3,(H,45,46,47). The predicted molar refractivity (Wildman–Crippen MR) is 211 cm³/mol. The van der Waals surface area contributed by atoms with Gasteiger partial charge < -0.3 is 0 Å². The van der Waals surface area contributed by atoms with Crippen LogP contribution in [0.4, 0.5) is 0 Å². The highest BCUT2D eigenvalue weighted by atomic mass is 32.2. The van der Waals surface area contributed by atoms with E-state index in [1.54, 1.807) is 6.07 Å². The average Bonchev–Trinajstić information content (AvgIpc) is 3.07. The van der Waals surface area contributed by atoms with Crippen molar-refractivity contribution in [2.75, 3.05) is 0 Å². The van der Waals surface area contributed by atoms with E-state index in [4.69, 9.17) is 0 Å². The first kappa shape index (κ1) is 42.8. The van der Waals surface area contributed by atoms with E-state index in [2.05, 4.69) is 32.0 Å². The van der Waals surface area contributed by atoms with Crippen LogP contribution in [0.15, 0.2) is 35.2 Å². The second-order valence-electron chi connectivity index (χ2n) is 15.0. The van der Waals surface area contributed by atoms with Crippen LogP contribution in [0.3, 0.4) is 0 Å². The Balaban J connectivity index is 1.62. The summed E-state index contributed by atoms with van der Waals surface area (Å²) in [5.74, 6) is 0. The lowest BCUT2D eigenvalue weighted by atomic mass is 9.98. The normalized spacial score (nSPS) is 12.0. The quantitative estimate of drug-likeness (QED) is 0.0601. The summed E-state index contributed by atoms with van der Waals surface area (Å²) < 4.78 is 34.6. The van der Waals surface area contributed by atoms with Gasteiger partial charge in [-0.3, -0.25) is 4.55 Å². The molecule has 1 N–H and O–H groups in total. The Labute approximate surface area is 298 Å². The first-order valence-corrected chi connectivity index (χ1v) is 22.4. The molecule has 276 valence electrons. The second kappa shape index (κ2) is 28.3. The molecule has 3 nitrogen and oxygen atoms in total. The van der Waals surface area contributed by atoms with Gasteiger partial charge in [0.1, 0.15) is 4.90 Å². The summed E-state index contributed by atoms with van der Waals surface area (Å²) in [6.07, 6.45) is 42.5. The summed E-state index contributed by atoms with van der Waals surface area (Å²) in [6, 6.07) is 9.97. The molecule has 0 amide bonds. The lowest BCUT2D eigenvalue weighted by Gasteiger charge is -2.11. The third-order valence-electron chi connectivity index (χ3n) is 10.5. The number of unbranched alkanes of at least 4 members (excludes halogenated alkanes) is 28. The molecule has 2 aromatic carbocycles. The molecule has 2 aromatic rings. The molecule has 0 heterocycles. The maximum Gasteiger partial charge on any atom is 0.295 e. The van der Waals surface area contributed by atoms with Gasteiger partial charge in [-0.25, -0.2) is 0 Å². The van der Waals surface area contributed by atoms with E-state index in [-0.39, 0.29) is 4.90 Å². The Hall–Kier alpha value is -1.39. The maximum atomic E-state index is 12.3. The van der Waals surface area contributed by atoms with Gasteiger partial charge in [0.05, 0.1) is 0 Å². The van der Waals surface area contributed by atoms with E-state index in [1.807, 2.05) is 6.07 Å². The Kier molecular flexibility index (Phi) is 25.2. The van der Waals surface area contributed by atoms with Crippen LogP contribution >= 0.6 is 0 Å². The highest BCUT2D eigenvalue weighted by molar-refractivity contribution is 7.86. The Bertz CT molecular complexity index is 1150.